The Labute approximate surface area is 99.5 Å². The molecule has 2 rings (SSSR count). The number of nitrogens with zero attached hydrogens (tertiary/aromatic N) is 1. The van der Waals surface area contributed by atoms with Crippen molar-refractivity contribution in [3.05, 3.63) is 15.6 Å². The molecule has 1 unspecified atom stereocenters. The van der Waals surface area contributed by atoms with Crippen molar-refractivity contribution >= 4 is 11.3 Å². The predicted molar refractivity (Wildman–Crippen MR) is 63.7 cm³/mol. The summed E-state index contributed by atoms with van der Waals surface area (Å²) in [6.45, 7) is 3.59. The van der Waals surface area contributed by atoms with Crippen LogP contribution in [0.4, 0.5) is 0 Å². The second-order valence-corrected chi connectivity index (χ2v) is 5.24. The highest BCUT2D eigenvalue weighted by Crippen LogP contribution is 2.33. The first-order chi connectivity index (χ1) is 7.72. The molecule has 4 nitrogen and oxygen atoms in total. The van der Waals surface area contributed by atoms with Gasteiger partial charge >= 0.3 is 0 Å². The fourth-order valence-corrected chi connectivity index (χ4v) is 3.21. The van der Waals surface area contributed by atoms with Crippen molar-refractivity contribution in [1.82, 2.24) is 4.98 Å². The molecule has 3 N–H and O–H groups in total. The Morgan fingerprint density at radius 1 is 1.56 bits per heavy atom. The van der Waals surface area contributed by atoms with E-state index in [9.17, 15) is 0 Å². The van der Waals surface area contributed by atoms with E-state index in [0.717, 1.165) is 41.6 Å². The van der Waals surface area contributed by atoms with Gasteiger partial charge in [-0.2, -0.15) is 0 Å². The number of ether oxygens (including phenoxy) is 1. The molecule has 1 atom stereocenters. The first kappa shape index (κ1) is 12.0. The summed E-state index contributed by atoms with van der Waals surface area (Å²) >= 11 is 1.65. The van der Waals surface area contributed by atoms with Crippen LogP contribution in [0.5, 0.6) is 0 Å². The zero-order chi connectivity index (χ0) is 11.5. The molecule has 2 heterocycles. The highest BCUT2D eigenvalue weighted by atomic mass is 32.1. The van der Waals surface area contributed by atoms with Crippen molar-refractivity contribution in [2.75, 3.05) is 19.8 Å². The smallest absolute Gasteiger partial charge is 0.0964 e. The van der Waals surface area contributed by atoms with Crippen molar-refractivity contribution in [1.29, 1.82) is 0 Å². The topological polar surface area (TPSA) is 68.4 Å². The Kier molecular flexibility index (Phi) is 3.91. The maximum Gasteiger partial charge on any atom is 0.0964 e. The summed E-state index contributed by atoms with van der Waals surface area (Å²) in [7, 11) is 0. The van der Waals surface area contributed by atoms with Gasteiger partial charge in [0.1, 0.15) is 0 Å². The summed E-state index contributed by atoms with van der Waals surface area (Å²) in [6, 6.07) is -0.286. The molecule has 1 aromatic rings. The SMILES string of the molecule is Cc1nc(C2CCOCC2)sc1C(N)CO. The van der Waals surface area contributed by atoms with Crippen molar-refractivity contribution < 1.29 is 9.84 Å². The summed E-state index contributed by atoms with van der Waals surface area (Å²) in [6.07, 6.45) is 2.08. The molecule has 0 radical (unpaired) electrons. The van der Waals surface area contributed by atoms with Crippen LogP contribution in [0.15, 0.2) is 0 Å². The average molecular weight is 242 g/mol. The molecule has 0 spiro atoms. The fourth-order valence-electron chi connectivity index (χ4n) is 1.98. The van der Waals surface area contributed by atoms with Crippen LogP contribution in [0.3, 0.4) is 0 Å². The van der Waals surface area contributed by atoms with Crippen LogP contribution in [0.1, 0.15) is 40.4 Å². The van der Waals surface area contributed by atoms with Gasteiger partial charge in [0.05, 0.1) is 23.4 Å². The molecule has 1 fully saturated rings. The number of aromatic nitrogens is 1. The van der Waals surface area contributed by atoms with Gasteiger partial charge in [0.25, 0.3) is 0 Å². The van der Waals surface area contributed by atoms with Crippen LogP contribution in [0, 0.1) is 6.92 Å². The van der Waals surface area contributed by atoms with E-state index < -0.39 is 0 Å². The highest BCUT2D eigenvalue weighted by molar-refractivity contribution is 7.11. The van der Waals surface area contributed by atoms with Crippen LogP contribution in [-0.4, -0.2) is 29.9 Å². The van der Waals surface area contributed by atoms with Gasteiger partial charge in [-0.1, -0.05) is 0 Å². The molecular weight excluding hydrogens is 224 g/mol. The lowest BCUT2D eigenvalue weighted by Gasteiger charge is -2.19. The first-order valence-corrected chi connectivity index (χ1v) is 6.45. The van der Waals surface area contributed by atoms with E-state index in [1.807, 2.05) is 6.92 Å². The first-order valence-electron chi connectivity index (χ1n) is 5.63. The third-order valence-electron chi connectivity index (χ3n) is 2.95. The zero-order valence-electron chi connectivity index (χ0n) is 9.48. The largest absolute Gasteiger partial charge is 0.394 e. The minimum atomic E-state index is -0.286. The van der Waals surface area contributed by atoms with Crippen LogP contribution < -0.4 is 5.73 Å². The van der Waals surface area contributed by atoms with Crippen molar-refractivity contribution in [2.45, 2.75) is 31.7 Å². The van der Waals surface area contributed by atoms with Crippen molar-refractivity contribution in [3.63, 3.8) is 0 Å². The third kappa shape index (κ3) is 2.43. The van der Waals surface area contributed by atoms with Gasteiger partial charge in [0.2, 0.25) is 0 Å². The molecular formula is C11H18N2O2S. The van der Waals surface area contributed by atoms with Crippen LogP contribution in [0.2, 0.25) is 0 Å². The molecule has 0 bridgehead atoms. The maximum absolute atomic E-state index is 9.07. The monoisotopic (exact) mass is 242 g/mol. The van der Waals surface area contributed by atoms with E-state index in [1.165, 1.54) is 0 Å². The number of aliphatic hydroxyl groups excluding tert-OH is 1. The summed E-state index contributed by atoms with van der Waals surface area (Å²) in [5.41, 5.74) is 6.80. The lowest BCUT2D eigenvalue weighted by atomic mass is 10.0. The quantitative estimate of drug-likeness (QED) is 0.839. The van der Waals surface area contributed by atoms with E-state index in [2.05, 4.69) is 4.98 Å². The Morgan fingerprint density at radius 2 is 2.25 bits per heavy atom. The number of aryl methyl sites for hydroxylation is 1. The predicted octanol–water partition coefficient (Wildman–Crippen LogP) is 1.34. The standard InChI is InChI=1S/C11H18N2O2S/c1-7-10(9(12)6-14)16-11(13-7)8-2-4-15-5-3-8/h8-9,14H,2-6,12H2,1H3. The second kappa shape index (κ2) is 5.23. The average Bonchev–Trinajstić information content (AvgIpc) is 2.71. The molecule has 1 aliphatic rings. The van der Waals surface area contributed by atoms with Crippen LogP contribution in [-0.2, 0) is 4.74 Å². The van der Waals surface area contributed by atoms with E-state index in [4.69, 9.17) is 15.6 Å². The number of hydrogen-bond acceptors (Lipinski definition) is 5. The molecule has 0 amide bonds. The molecule has 16 heavy (non-hydrogen) atoms. The van der Waals surface area contributed by atoms with Crippen LogP contribution in [0.25, 0.3) is 0 Å². The Morgan fingerprint density at radius 3 is 2.88 bits per heavy atom. The van der Waals surface area contributed by atoms with Gasteiger partial charge in [-0.05, 0) is 19.8 Å². The Bertz CT molecular complexity index is 348. The lowest BCUT2D eigenvalue weighted by Crippen LogP contribution is -2.14. The summed E-state index contributed by atoms with van der Waals surface area (Å²) < 4.78 is 5.34. The maximum atomic E-state index is 9.07. The van der Waals surface area contributed by atoms with E-state index >= 15 is 0 Å². The Hall–Kier alpha value is -0.490. The minimum Gasteiger partial charge on any atom is -0.394 e. The zero-order valence-corrected chi connectivity index (χ0v) is 10.3. The summed E-state index contributed by atoms with van der Waals surface area (Å²) in [4.78, 5) is 5.59. The number of hydrogen-bond donors (Lipinski definition) is 2. The number of nitrogens with two attached hydrogens (primary N) is 1. The third-order valence-corrected chi connectivity index (χ3v) is 4.40. The van der Waals surface area contributed by atoms with Gasteiger partial charge in [-0.15, -0.1) is 11.3 Å². The fraction of sp³-hybridized carbons (Fsp3) is 0.727. The van der Waals surface area contributed by atoms with Crippen LogP contribution >= 0.6 is 11.3 Å². The molecule has 0 saturated carbocycles. The van der Waals surface area contributed by atoms with E-state index in [1.54, 1.807) is 11.3 Å². The molecule has 1 aromatic heterocycles. The van der Waals surface area contributed by atoms with Gasteiger partial charge in [0.15, 0.2) is 0 Å². The molecule has 1 saturated heterocycles. The van der Waals surface area contributed by atoms with Crippen molar-refractivity contribution in [3.8, 4) is 0 Å². The van der Waals surface area contributed by atoms with Gasteiger partial charge in [-0.25, -0.2) is 4.98 Å². The molecule has 90 valence electrons. The highest BCUT2D eigenvalue weighted by Gasteiger charge is 2.22. The normalized spacial score (nSPS) is 19.9. The summed E-state index contributed by atoms with van der Waals surface area (Å²) in [5.74, 6) is 0.511. The molecule has 1 aliphatic heterocycles. The number of aliphatic hydroxyl groups is 1. The lowest BCUT2D eigenvalue weighted by molar-refractivity contribution is 0.0852. The Balaban J connectivity index is 2.16. The van der Waals surface area contributed by atoms with E-state index in [-0.39, 0.29) is 12.6 Å². The van der Waals surface area contributed by atoms with Gasteiger partial charge < -0.3 is 15.6 Å². The second-order valence-electron chi connectivity index (χ2n) is 4.18. The van der Waals surface area contributed by atoms with E-state index in [0.29, 0.717) is 5.92 Å². The minimum absolute atomic E-state index is 0.0176. The number of thiazole rings is 1. The summed E-state index contributed by atoms with van der Waals surface area (Å²) in [5, 5.41) is 10.2. The molecule has 0 aromatic carbocycles. The number of rotatable bonds is 3. The van der Waals surface area contributed by atoms with Crippen molar-refractivity contribution in [2.24, 2.45) is 5.73 Å². The van der Waals surface area contributed by atoms with Gasteiger partial charge in [0, 0.05) is 24.0 Å². The molecule has 0 aliphatic carbocycles. The van der Waals surface area contributed by atoms with Gasteiger partial charge in [-0.3, -0.25) is 0 Å². The molecule has 5 heteroatoms.